The predicted molar refractivity (Wildman–Crippen MR) is 175 cm³/mol. The molecule has 46 heavy (non-hydrogen) atoms. The van der Waals surface area contributed by atoms with Crippen LogP contribution in [0.15, 0.2) is 54.7 Å². The quantitative estimate of drug-likeness (QED) is 0.441. The van der Waals surface area contributed by atoms with Crippen molar-refractivity contribution in [2.75, 3.05) is 59.5 Å². The van der Waals surface area contributed by atoms with Gasteiger partial charge in [-0.15, -0.1) is 5.10 Å². The number of hydrogen-bond donors (Lipinski definition) is 2. The molecule has 0 saturated carbocycles. The number of ether oxygens (including phenoxy) is 1. The van der Waals surface area contributed by atoms with Gasteiger partial charge in [0.2, 0.25) is 11.8 Å². The summed E-state index contributed by atoms with van der Waals surface area (Å²) >= 11 is 6.46. The second-order valence-corrected chi connectivity index (χ2v) is 12.3. The smallest absolute Gasteiger partial charge is 0.251 e. The van der Waals surface area contributed by atoms with Gasteiger partial charge in [0, 0.05) is 51.1 Å². The zero-order valence-corrected chi connectivity index (χ0v) is 27.1. The number of nitrogens with zero attached hydrogens (tertiary/aromatic N) is 6. The highest BCUT2D eigenvalue weighted by molar-refractivity contribution is 6.32. The van der Waals surface area contributed by atoms with Gasteiger partial charge in [-0.3, -0.25) is 24.0 Å². The molecule has 2 N–H and O–H groups in total. The van der Waals surface area contributed by atoms with Crippen molar-refractivity contribution in [1.82, 2.24) is 40.3 Å². The molecule has 3 amide bonds. The van der Waals surface area contributed by atoms with Crippen LogP contribution in [0.3, 0.4) is 0 Å². The van der Waals surface area contributed by atoms with Gasteiger partial charge < -0.3 is 25.2 Å². The number of amides is 3. The van der Waals surface area contributed by atoms with E-state index < -0.39 is 11.9 Å². The third-order valence-electron chi connectivity index (χ3n) is 8.25. The van der Waals surface area contributed by atoms with E-state index in [1.165, 1.54) is 0 Å². The van der Waals surface area contributed by atoms with Crippen LogP contribution in [-0.4, -0.2) is 113 Å². The number of fused-ring (bicyclic) bond motifs is 14. The fourth-order valence-corrected chi connectivity index (χ4v) is 5.87. The molecule has 0 spiro atoms. The number of carbonyl (C=O) groups excluding carboxylic acids is 3. The summed E-state index contributed by atoms with van der Waals surface area (Å²) < 4.78 is 7.62. The molecule has 6 rings (SSSR count). The van der Waals surface area contributed by atoms with E-state index in [4.69, 9.17) is 16.3 Å². The van der Waals surface area contributed by atoms with E-state index in [1.807, 2.05) is 36.5 Å². The Morgan fingerprint density at radius 1 is 1.00 bits per heavy atom. The summed E-state index contributed by atoms with van der Waals surface area (Å²) in [4.78, 5) is 46.6. The van der Waals surface area contributed by atoms with Crippen molar-refractivity contribution < 1.29 is 19.1 Å². The first-order valence-corrected chi connectivity index (χ1v) is 16.3. The summed E-state index contributed by atoms with van der Waals surface area (Å²) in [6.45, 7) is 6.06. The number of nitrogens with one attached hydrogen (secondary N) is 2. The molecule has 0 aliphatic carbocycles. The Hall–Kier alpha value is -4.00. The van der Waals surface area contributed by atoms with E-state index in [0.717, 1.165) is 38.2 Å². The molecule has 4 heterocycles. The fraction of sp³-hybridized carbons (Fsp3) is 0.485. The molecule has 1 fully saturated rings. The van der Waals surface area contributed by atoms with Crippen molar-refractivity contribution in [2.24, 2.45) is 0 Å². The van der Waals surface area contributed by atoms with Gasteiger partial charge >= 0.3 is 0 Å². The molecule has 4 bridgehead atoms. The average molecular weight is 651 g/mol. The summed E-state index contributed by atoms with van der Waals surface area (Å²) in [5, 5.41) is 14.8. The molecule has 3 aliphatic heterocycles. The van der Waals surface area contributed by atoms with Gasteiger partial charge in [-0.25, -0.2) is 0 Å². The van der Waals surface area contributed by atoms with Crippen molar-refractivity contribution in [3.05, 3.63) is 76.6 Å². The van der Waals surface area contributed by atoms with Crippen LogP contribution in [-0.2, 0) is 29.1 Å². The number of halogens is 1. The Morgan fingerprint density at radius 2 is 1.85 bits per heavy atom. The van der Waals surface area contributed by atoms with Crippen LogP contribution in [0.4, 0.5) is 0 Å². The highest BCUT2D eigenvalue weighted by atomic mass is 35.5. The van der Waals surface area contributed by atoms with E-state index in [1.54, 1.807) is 27.8 Å². The Labute approximate surface area is 275 Å². The van der Waals surface area contributed by atoms with Crippen LogP contribution < -0.4 is 15.4 Å². The fourth-order valence-electron chi connectivity index (χ4n) is 5.63. The van der Waals surface area contributed by atoms with E-state index in [-0.39, 0.29) is 11.8 Å². The third-order valence-corrected chi connectivity index (χ3v) is 8.55. The number of aromatic nitrogens is 3. The highest BCUT2D eigenvalue weighted by Crippen LogP contribution is 2.26. The van der Waals surface area contributed by atoms with Crippen LogP contribution in [0.2, 0.25) is 5.02 Å². The molecule has 246 valence electrons. The Bertz CT molecular complexity index is 1470. The molecule has 0 unspecified atom stereocenters. The van der Waals surface area contributed by atoms with E-state index in [0.29, 0.717) is 80.6 Å². The van der Waals surface area contributed by atoms with E-state index >= 15 is 0 Å². The maximum absolute atomic E-state index is 13.6. The summed E-state index contributed by atoms with van der Waals surface area (Å²) in [5.74, 6) is -0.225. The molecule has 1 aromatic heterocycles. The van der Waals surface area contributed by atoms with Crippen molar-refractivity contribution in [3.8, 4) is 5.75 Å². The van der Waals surface area contributed by atoms with Crippen molar-refractivity contribution in [3.63, 3.8) is 0 Å². The number of rotatable bonds is 4. The zero-order valence-electron chi connectivity index (χ0n) is 26.4. The van der Waals surface area contributed by atoms with Crippen LogP contribution in [0.5, 0.6) is 5.75 Å². The first kappa shape index (κ1) is 33.4. The van der Waals surface area contributed by atoms with Crippen molar-refractivity contribution in [1.29, 1.82) is 0 Å². The number of benzene rings is 2. The molecular formula is C33H43ClN8O4. The monoisotopic (exact) mass is 650 g/mol. The minimum Gasteiger partial charge on any atom is -0.492 e. The summed E-state index contributed by atoms with van der Waals surface area (Å²) in [6, 6.07) is 13.6. The largest absolute Gasteiger partial charge is 0.492 e. The van der Waals surface area contributed by atoms with E-state index in [2.05, 4.69) is 37.8 Å². The van der Waals surface area contributed by atoms with Crippen LogP contribution in [0.1, 0.15) is 40.9 Å². The minimum absolute atomic E-state index is 0.0212. The molecular weight excluding hydrogens is 608 g/mol. The van der Waals surface area contributed by atoms with Crippen molar-refractivity contribution >= 4 is 29.3 Å². The van der Waals surface area contributed by atoms with Gasteiger partial charge in [0.05, 0.1) is 30.9 Å². The molecule has 2 aromatic carbocycles. The Morgan fingerprint density at radius 3 is 2.67 bits per heavy atom. The molecule has 3 aromatic rings. The first-order chi connectivity index (χ1) is 22.3. The molecule has 1 atom stereocenters. The summed E-state index contributed by atoms with van der Waals surface area (Å²) in [5.41, 5.74) is 1.94. The lowest BCUT2D eigenvalue weighted by Crippen LogP contribution is -2.48. The molecule has 1 saturated heterocycles. The second kappa shape index (κ2) is 16.5. The lowest BCUT2D eigenvalue weighted by molar-refractivity contribution is -0.133. The van der Waals surface area contributed by atoms with Crippen LogP contribution in [0, 0.1) is 0 Å². The number of likely N-dealkylation sites (N-methyl/N-ethyl adjacent to an activating group) is 1. The summed E-state index contributed by atoms with van der Waals surface area (Å²) in [6.07, 6.45) is 4.39. The molecule has 0 radical (unpaired) electrons. The highest BCUT2D eigenvalue weighted by Gasteiger charge is 2.24. The minimum atomic E-state index is -0.812. The van der Waals surface area contributed by atoms with Crippen molar-refractivity contribution in [2.45, 2.75) is 44.8 Å². The van der Waals surface area contributed by atoms with Gasteiger partial charge in [-0.05, 0) is 56.7 Å². The molecule has 3 aliphatic rings. The van der Waals surface area contributed by atoms with Gasteiger partial charge in [-0.2, -0.15) is 0 Å². The Kier molecular flexibility index (Phi) is 12.0. The standard InChI is InChI=1S/C33H43ClN8O4/c1-39-13-6-14-40(18-17-39)24-31(43)41-15-5-12-35-33(45)29(20-25-8-3-2-4-9-25)36-32(44)26-10-11-30(28(34)21-26)46-19-7-16-42-23-27(22-41)37-38-42/h2-4,8-11,21,23,29H,5-7,12-20,22,24H2,1H3,(H,35,45)(H,36,44)/t29-/m0/s1. The predicted octanol–water partition coefficient (Wildman–Crippen LogP) is 2.23. The lowest BCUT2D eigenvalue weighted by atomic mass is 10.0. The first-order valence-electron chi connectivity index (χ1n) is 16.0. The van der Waals surface area contributed by atoms with Crippen LogP contribution >= 0.6 is 11.6 Å². The maximum Gasteiger partial charge on any atom is 0.251 e. The molecule has 13 heteroatoms. The van der Waals surface area contributed by atoms with Crippen LogP contribution in [0.25, 0.3) is 0 Å². The number of carbonyl (C=O) groups is 3. The second-order valence-electron chi connectivity index (χ2n) is 11.9. The Balaban J connectivity index is 1.32. The van der Waals surface area contributed by atoms with Gasteiger partial charge in [0.15, 0.2) is 0 Å². The third kappa shape index (κ3) is 9.75. The number of hydrogen-bond acceptors (Lipinski definition) is 8. The molecule has 12 nitrogen and oxygen atoms in total. The normalized spacial score (nSPS) is 19.8. The van der Waals surface area contributed by atoms with Gasteiger partial charge in [0.1, 0.15) is 17.5 Å². The van der Waals surface area contributed by atoms with E-state index in [9.17, 15) is 14.4 Å². The van der Waals surface area contributed by atoms with Gasteiger partial charge in [0.25, 0.3) is 5.91 Å². The topological polar surface area (TPSA) is 125 Å². The number of aryl methyl sites for hydroxylation is 1. The van der Waals surface area contributed by atoms with Gasteiger partial charge in [-0.1, -0.05) is 47.1 Å². The zero-order chi connectivity index (χ0) is 32.3. The SMILES string of the molecule is CN1CCCN(CC(=O)N2CCCNC(=O)[C@H](Cc3ccccc3)NC(=O)c3ccc(c(Cl)c3)OCCCn3cc(nn3)C2)CC1. The average Bonchev–Trinajstić information content (AvgIpc) is 3.40. The lowest BCUT2D eigenvalue weighted by Gasteiger charge is -2.26. The maximum atomic E-state index is 13.6. The summed E-state index contributed by atoms with van der Waals surface area (Å²) in [7, 11) is 2.11.